The second kappa shape index (κ2) is 8.03. The molecule has 0 saturated carbocycles. The SMILES string of the molecule is COc1ccc(C2CCN(Cc3ccccc3)CC2NC(=O)O)cc1. The average Bonchev–Trinajstić information content (AvgIpc) is 2.62. The van der Waals surface area contributed by atoms with Gasteiger partial charge < -0.3 is 15.2 Å². The number of ether oxygens (including phenoxy) is 1. The largest absolute Gasteiger partial charge is 0.497 e. The molecule has 5 heteroatoms. The highest BCUT2D eigenvalue weighted by Crippen LogP contribution is 2.30. The number of carbonyl (C=O) groups is 1. The molecule has 0 aliphatic carbocycles. The van der Waals surface area contributed by atoms with Gasteiger partial charge >= 0.3 is 6.09 Å². The maximum absolute atomic E-state index is 11.3. The van der Waals surface area contributed by atoms with Crippen molar-refractivity contribution in [3.63, 3.8) is 0 Å². The molecule has 1 amide bonds. The Labute approximate surface area is 148 Å². The molecule has 0 spiro atoms. The van der Waals surface area contributed by atoms with Crippen molar-refractivity contribution in [3.05, 3.63) is 65.7 Å². The minimum absolute atomic E-state index is 0.122. The summed E-state index contributed by atoms with van der Waals surface area (Å²) in [6, 6.07) is 18.1. The predicted octanol–water partition coefficient (Wildman–Crippen LogP) is 3.32. The molecule has 2 aromatic rings. The first-order valence-corrected chi connectivity index (χ1v) is 8.55. The smallest absolute Gasteiger partial charge is 0.404 e. The average molecular weight is 340 g/mol. The molecule has 1 heterocycles. The third kappa shape index (κ3) is 4.51. The highest BCUT2D eigenvalue weighted by atomic mass is 16.5. The molecule has 132 valence electrons. The predicted molar refractivity (Wildman–Crippen MR) is 97.0 cm³/mol. The first-order valence-electron chi connectivity index (χ1n) is 8.55. The zero-order valence-corrected chi connectivity index (χ0v) is 14.4. The lowest BCUT2D eigenvalue weighted by atomic mass is 9.85. The van der Waals surface area contributed by atoms with Crippen molar-refractivity contribution in [1.82, 2.24) is 10.2 Å². The lowest BCUT2D eigenvalue weighted by molar-refractivity contribution is 0.148. The number of nitrogens with one attached hydrogen (secondary N) is 1. The van der Waals surface area contributed by atoms with Gasteiger partial charge in [-0.25, -0.2) is 4.79 Å². The molecule has 1 saturated heterocycles. The molecular formula is C20H24N2O3. The van der Waals surface area contributed by atoms with Gasteiger partial charge in [0, 0.05) is 19.0 Å². The van der Waals surface area contributed by atoms with Gasteiger partial charge in [0.1, 0.15) is 5.75 Å². The molecular weight excluding hydrogens is 316 g/mol. The number of hydrogen-bond acceptors (Lipinski definition) is 3. The fourth-order valence-corrected chi connectivity index (χ4v) is 3.56. The number of benzene rings is 2. The van der Waals surface area contributed by atoms with Crippen LogP contribution >= 0.6 is 0 Å². The minimum atomic E-state index is -0.968. The Morgan fingerprint density at radius 2 is 1.92 bits per heavy atom. The molecule has 1 aliphatic rings. The molecule has 0 aromatic heterocycles. The van der Waals surface area contributed by atoms with Crippen LogP contribution in [0.5, 0.6) is 5.75 Å². The van der Waals surface area contributed by atoms with Gasteiger partial charge in [0.25, 0.3) is 0 Å². The lowest BCUT2D eigenvalue weighted by Crippen LogP contribution is -2.51. The van der Waals surface area contributed by atoms with Crippen molar-refractivity contribution in [3.8, 4) is 5.75 Å². The van der Waals surface area contributed by atoms with Crippen LogP contribution in [0.4, 0.5) is 4.79 Å². The first kappa shape index (κ1) is 17.3. The number of carboxylic acid groups (broad SMARTS) is 1. The zero-order chi connectivity index (χ0) is 17.6. The Bertz CT molecular complexity index is 688. The number of amides is 1. The normalized spacial score (nSPS) is 20.8. The number of piperidine rings is 1. The molecule has 0 bridgehead atoms. The summed E-state index contributed by atoms with van der Waals surface area (Å²) >= 11 is 0. The van der Waals surface area contributed by atoms with E-state index in [4.69, 9.17) is 4.74 Å². The van der Waals surface area contributed by atoms with Crippen LogP contribution in [0.25, 0.3) is 0 Å². The van der Waals surface area contributed by atoms with Gasteiger partial charge in [-0.05, 0) is 36.2 Å². The summed E-state index contributed by atoms with van der Waals surface area (Å²) in [4.78, 5) is 13.6. The van der Waals surface area contributed by atoms with Crippen LogP contribution in [0.3, 0.4) is 0 Å². The fraction of sp³-hybridized carbons (Fsp3) is 0.350. The van der Waals surface area contributed by atoms with Crippen molar-refractivity contribution in [2.24, 2.45) is 0 Å². The van der Waals surface area contributed by atoms with Gasteiger partial charge in [-0.1, -0.05) is 42.5 Å². The van der Waals surface area contributed by atoms with Crippen molar-refractivity contribution in [2.75, 3.05) is 20.2 Å². The zero-order valence-electron chi connectivity index (χ0n) is 14.4. The van der Waals surface area contributed by atoms with Gasteiger partial charge in [0.15, 0.2) is 0 Å². The molecule has 2 aromatic carbocycles. The second-order valence-electron chi connectivity index (χ2n) is 6.45. The Morgan fingerprint density at radius 3 is 2.56 bits per heavy atom. The number of likely N-dealkylation sites (tertiary alicyclic amines) is 1. The Hall–Kier alpha value is -2.53. The highest BCUT2D eigenvalue weighted by Gasteiger charge is 2.31. The van der Waals surface area contributed by atoms with Crippen LogP contribution in [0, 0.1) is 0 Å². The van der Waals surface area contributed by atoms with Crippen LogP contribution in [0.15, 0.2) is 54.6 Å². The van der Waals surface area contributed by atoms with E-state index < -0.39 is 6.09 Å². The van der Waals surface area contributed by atoms with Gasteiger partial charge in [0.2, 0.25) is 0 Å². The van der Waals surface area contributed by atoms with E-state index in [1.807, 2.05) is 42.5 Å². The number of methoxy groups -OCH3 is 1. The van der Waals surface area contributed by atoms with Crippen LogP contribution in [0.2, 0.25) is 0 Å². The van der Waals surface area contributed by atoms with E-state index in [0.29, 0.717) is 6.54 Å². The maximum atomic E-state index is 11.3. The number of rotatable bonds is 5. The summed E-state index contributed by atoms with van der Waals surface area (Å²) in [6.45, 7) is 2.50. The topological polar surface area (TPSA) is 61.8 Å². The Balaban J connectivity index is 1.72. The third-order valence-corrected chi connectivity index (χ3v) is 4.80. The van der Waals surface area contributed by atoms with Gasteiger partial charge in [-0.2, -0.15) is 0 Å². The van der Waals surface area contributed by atoms with Crippen LogP contribution in [-0.2, 0) is 6.54 Å². The number of nitrogens with zero attached hydrogens (tertiary/aromatic N) is 1. The molecule has 2 atom stereocenters. The van der Waals surface area contributed by atoms with E-state index in [2.05, 4.69) is 22.3 Å². The molecule has 1 aliphatic heterocycles. The van der Waals surface area contributed by atoms with E-state index in [9.17, 15) is 9.90 Å². The maximum Gasteiger partial charge on any atom is 0.404 e. The Morgan fingerprint density at radius 1 is 1.20 bits per heavy atom. The van der Waals surface area contributed by atoms with E-state index in [-0.39, 0.29) is 12.0 Å². The summed E-state index contributed by atoms with van der Waals surface area (Å²) in [5.74, 6) is 0.988. The van der Waals surface area contributed by atoms with Gasteiger partial charge in [-0.15, -0.1) is 0 Å². The first-order chi connectivity index (χ1) is 12.2. The van der Waals surface area contributed by atoms with Crippen LogP contribution < -0.4 is 10.1 Å². The van der Waals surface area contributed by atoms with E-state index in [1.165, 1.54) is 5.56 Å². The fourth-order valence-electron chi connectivity index (χ4n) is 3.56. The summed E-state index contributed by atoms with van der Waals surface area (Å²) in [6.07, 6.45) is -0.0468. The summed E-state index contributed by atoms with van der Waals surface area (Å²) in [5.41, 5.74) is 2.40. The molecule has 2 unspecified atom stereocenters. The van der Waals surface area contributed by atoms with Crippen molar-refractivity contribution < 1.29 is 14.6 Å². The van der Waals surface area contributed by atoms with Gasteiger partial charge in [-0.3, -0.25) is 4.90 Å². The minimum Gasteiger partial charge on any atom is -0.497 e. The number of hydrogen-bond donors (Lipinski definition) is 2. The van der Waals surface area contributed by atoms with Crippen molar-refractivity contribution in [2.45, 2.75) is 24.9 Å². The van der Waals surface area contributed by atoms with E-state index in [0.717, 1.165) is 30.8 Å². The molecule has 1 fully saturated rings. The molecule has 0 radical (unpaired) electrons. The van der Waals surface area contributed by atoms with Crippen molar-refractivity contribution >= 4 is 6.09 Å². The van der Waals surface area contributed by atoms with Crippen molar-refractivity contribution in [1.29, 1.82) is 0 Å². The second-order valence-corrected chi connectivity index (χ2v) is 6.45. The molecule has 3 rings (SSSR count). The third-order valence-electron chi connectivity index (χ3n) is 4.80. The summed E-state index contributed by atoms with van der Waals surface area (Å²) in [5, 5.41) is 12.0. The monoisotopic (exact) mass is 340 g/mol. The lowest BCUT2D eigenvalue weighted by Gasteiger charge is -2.38. The van der Waals surface area contributed by atoms with Crippen LogP contribution in [0.1, 0.15) is 23.5 Å². The summed E-state index contributed by atoms with van der Waals surface area (Å²) in [7, 11) is 1.64. The molecule has 2 N–H and O–H groups in total. The molecule has 25 heavy (non-hydrogen) atoms. The highest BCUT2D eigenvalue weighted by molar-refractivity contribution is 5.65. The molecule has 5 nitrogen and oxygen atoms in total. The summed E-state index contributed by atoms with van der Waals surface area (Å²) < 4.78 is 5.21. The van der Waals surface area contributed by atoms with E-state index >= 15 is 0 Å². The van der Waals surface area contributed by atoms with Gasteiger partial charge in [0.05, 0.1) is 13.2 Å². The quantitative estimate of drug-likeness (QED) is 0.876. The van der Waals surface area contributed by atoms with E-state index in [1.54, 1.807) is 7.11 Å². The Kier molecular flexibility index (Phi) is 5.56. The van der Waals surface area contributed by atoms with Crippen LogP contribution in [-0.4, -0.2) is 42.3 Å². The standard InChI is InChI=1S/C20H24N2O3/c1-25-17-9-7-16(8-10-17)18-11-12-22(14-19(18)21-20(23)24)13-15-5-3-2-4-6-15/h2-10,18-19,21H,11-14H2,1H3,(H,23,24).